The molecule has 0 spiro atoms. The number of fused-ring (bicyclic) bond motifs is 1. The summed E-state index contributed by atoms with van der Waals surface area (Å²) in [7, 11) is 0. The molecule has 0 aliphatic heterocycles. The fraction of sp³-hybridized carbons (Fsp3) is 0.100. The summed E-state index contributed by atoms with van der Waals surface area (Å²) in [6.07, 6.45) is 0. The van der Waals surface area contributed by atoms with Crippen molar-refractivity contribution < 1.29 is 9.53 Å². The molecule has 3 N–H and O–H groups in total. The van der Waals surface area contributed by atoms with Crippen molar-refractivity contribution in [1.29, 1.82) is 0 Å². The summed E-state index contributed by atoms with van der Waals surface area (Å²) in [4.78, 5) is 41.1. The van der Waals surface area contributed by atoms with Crippen molar-refractivity contribution >= 4 is 22.6 Å². The third kappa shape index (κ3) is 4.24. The van der Waals surface area contributed by atoms with Crippen LogP contribution in [0.15, 0.2) is 70.3 Å². The largest absolute Gasteiger partial charge is 0.492 e. The Kier molecular flexibility index (Phi) is 4.93. The second-order valence-electron chi connectivity index (χ2n) is 6.24. The fourth-order valence-electron chi connectivity index (χ4n) is 2.80. The van der Waals surface area contributed by atoms with Crippen molar-refractivity contribution in [3.05, 3.63) is 87.2 Å². The number of benzene rings is 2. The third-order valence-corrected chi connectivity index (χ3v) is 4.19. The topological polar surface area (TPSA) is 122 Å². The number of carbonyl (C=O) groups is 1. The number of imidazole rings is 1. The van der Waals surface area contributed by atoms with Gasteiger partial charge in [0, 0.05) is 11.8 Å². The molecule has 4 rings (SSSR count). The lowest BCUT2D eigenvalue weighted by molar-refractivity contribution is 0.101. The van der Waals surface area contributed by atoms with Crippen LogP contribution in [0, 0.1) is 0 Å². The van der Waals surface area contributed by atoms with Gasteiger partial charge in [-0.3, -0.25) is 9.59 Å². The number of hydrogen-bond donors (Lipinski definition) is 3. The maximum absolute atomic E-state index is 12.5. The van der Waals surface area contributed by atoms with Gasteiger partial charge in [0.1, 0.15) is 18.1 Å². The molecule has 2 aromatic heterocycles. The molecule has 0 bridgehead atoms. The molecular weight excluding hydrogens is 374 g/mol. The van der Waals surface area contributed by atoms with Crippen molar-refractivity contribution in [3.8, 4) is 5.75 Å². The van der Waals surface area contributed by atoms with Gasteiger partial charge in [0.2, 0.25) is 0 Å². The van der Waals surface area contributed by atoms with E-state index < -0.39 is 5.91 Å². The molecule has 0 saturated carbocycles. The molecular formula is C20H17N5O4. The predicted octanol–water partition coefficient (Wildman–Crippen LogP) is 1.74. The molecule has 4 aromatic rings. The zero-order valence-corrected chi connectivity index (χ0v) is 15.2. The minimum atomic E-state index is -0.472. The van der Waals surface area contributed by atoms with E-state index in [4.69, 9.17) is 4.74 Å². The highest BCUT2D eigenvalue weighted by atomic mass is 16.5. The van der Waals surface area contributed by atoms with Crippen LogP contribution in [0.3, 0.4) is 0 Å². The molecule has 2 aromatic carbocycles. The lowest BCUT2D eigenvalue weighted by Gasteiger charge is -2.09. The van der Waals surface area contributed by atoms with Crippen LogP contribution in [0.5, 0.6) is 5.75 Å². The van der Waals surface area contributed by atoms with E-state index in [1.54, 1.807) is 18.2 Å². The monoisotopic (exact) mass is 391 g/mol. The SMILES string of the molecule is O=C(Nc1ccc2[nH]c(=O)[nH]c2c1)c1ccc(=O)n(CCOc2ccccc2)n1. The van der Waals surface area contributed by atoms with Crippen LogP contribution >= 0.6 is 0 Å². The van der Waals surface area contributed by atoms with Crippen LogP contribution in [0.1, 0.15) is 10.5 Å². The quantitative estimate of drug-likeness (QED) is 0.462. The van der Waals surface area contributed by atoms with Crippen molar-refractivity contribution in [1.82, 2.24) is 19.7 Å². The molecule has 29 heavy (non-hydrogen) atoms. The van der Waals surface area contributed by atoms with Gasteiger partial charge in [-0.05, 0) is 36.4 Å². The van der Waals surface area contributed by atoms with Gasteiger partial charge in [-0.2, -0.15) is 5.10 Å². The van der Waals surface area contributed by atoms with E-state index in [0.29, 0.717) is 22.5 Å². The Balaban J connectivity index is 1.45. The maximum Gasteiger partial charge on any atom is 0.323 e. The van der Waals surface area contributed by atoms with E-state index in [0.717, 1.165) is 0 Å². The fourth-order valence-corrected chi connectivity index (χ4v) is 2.80. The van der Waals surface area contributed by atoms with Crippen LogP contribution in [0.4, 0.5) is 5.69 Å². The first kappa shape index (κ1) is 18.2. The Labute approximate surface area is 164 Å². The number of amides is 1. The van der Waals surface area contributed by atoms with Gasteiger partial charge in [-0.1, -0.05) is 18.2 Å². The molecule has 0 radical (unpaired) electrons. The Morgan fingerprint density at radius 3 is 2.62 bits per heavy atom. The summed E-state index contributed by atoms with van der Waals surface area (Å²) in [5.41, 5.74) is 1.14. The van der Waals surface area contributed by atoms with Crippen LogP contribution in [0.25, 0.3) is 11.0 Å². The molecule has 0 fully saturated rings. The van der Waals surface area contributed by atoms with Crippen LogP contribution in [-0.2, 0) is 6.54 Å². The number of aromatic nitrogens is 4. The number of nitrogens with one attached hydrogen (secondary N) is 3. The molecule has 0 aliphatic rings. The Morgan fingerprint density at radius 1 is 1.00 bits per heavy atom. The van der Waals surface area contributed by atoms with E-state index in [2.05, 4.69) is 20.4 Å². The summed E-state index contributed by atoms with van der Waals surface area (Å²) in [6, 6.07) is 16.8. The van der Waals surface area contributed by atoms with Gasteiger partial charge in [-0.25, -0.2) is 9.48 Å². The van der Waals surface area contributed by atoms with Crippen LogP contribution in [0.2, 0.25) is 0 Å². The molecule has 9 nitrogen and oxygen atoms in total. The zero-order chi connectivity index (χ0) is 20.2. The number of ether oxygens (including phenoxy) is 1. The number of carbonyl (C=O) groups excluding carboxylic acids is 1. The van der Waals surface area contributed by atoms with E-state index in [1.807, 2.05) is 30.3 Å². The molecule has 0 unspecified atom stereocenters. The van der Waals surface area contributed by atoms with E-state index >= 15 is 0 Å². The molecule has 0 atom stereocenters. The average Bonchev–Trinajstić information content (AvgIpc) is 3.09. The maximum atomic E-state index is 12.5. The van der Waals surface area contributed by atoms with Crippen LogP contribution < -0.4 is 21.3 Å². The average molecular weight is 391 g/mol. The standard InChI is InChI=1S/C20H17N5O4/c26-18-9-8-16(24-25(18)10-11-29-14-4-2-1-3-5-14)19(27)21-13-6-7-15-17(12-13)23-20(28)22-15/h1-9,12H,10-11H2,(H,21,27)(H2,22,23,28). The van der Waals surface area contributed by atoms with E-state index in [9.17, 15) is 14.4 Å². The van der Waals surface area contributed by atoms with Gasteiger partial charge in [0.15, 0.2) is 0 Å². The van der Waals surface area contributed by atoms with Crippen molar-refractivity contribution in [2.75, 3.05) is 11.9 Å². The number of anilines is 1. The third-order valence-electron chi connectivity index (χ3n) is 4.19. The highest BCUT2D eigenvalue weighted by Crippen LogP contribution is 2.15. The number of para-hydroxylation sites is 1. The van der Waals surface area contributed by atoms with Gasteiger partial charge in [0.05, 0.1) is 17.6 Å². The lowest BCUT2D eigenvalue weighted by atomic mass is 10.2. The minimum Gasteiger partial charge on any atom is -0.492 e. The minimum absolute atomic E-state index is 0.0898. The second-order valence-corrected chi connectivity index (χ2v) is 6.24. The predicted molar refractivity (Wildman–Crippen MR) is 107 cm³/mol. The summed E-state index contributed by atoms with van der Waals surface area (Å²) < 4.78 is 6.76. The molecule has 0 saturated heterocycles. The number of hydrogen-bond acceptors (Lipinski definition) is 5. The number of aromatic amines is 2. The lowest BCUT2D eigenvalue weighted by Crippen LogP contribution is -2.28. The summed E-state index contributed by atoms with van der Waals surface area (Å²) >= 11 is 0. The zero-order valence-electron chi connectivity index (χ0n) is 15.2. The molecule has 146 valence electrons. The number of rotatable bonds is 6. The Bertz CT molecular complexity index is 1270. The highest BCUT2D eigenvalue weighted by Gasteiger charge is 2.11. The van der Waals surface area contributed by atoms with Crippen LogP contribution in [-0.4, -0.2) is 32.3 Å². The first-order valence-corrected chi connectivity index (χ1v) is 8.88. The van der Waals surface area contributed by atoms with Gasteiger partial charge in [0.25, 0.3) is 11.5 Å². The van der Waals surface area contributed by atoms with Crippen molar-refractivity contribution in [2.45, 2.75) is 6.54 Å². The molecule has 0 aliphatic carbocycles. The van der Waals surface area contributed by atoms with Gasteiger partial charge < -0.3 is 20.0 Å². The van der Waals surface area contributed by atoms with E-state index in [1.165, 1.54) is 16.8 Å². The van der Waals surface area contributed by atoms with Gasteiger partial charge >= 0.3 is 5.69 Å². The van der Waals surface area contributed by atoms with E-state index in [-0.39, 0.29) is 30.1 Å². The van der Waals surface area contributed by atoms with Crippen molar-refractivity contribution in [3.63, 3.8) is 0 Å². The second kappa shape index (κ2) is 7.85. The van der Waals surface area contributed by atoms with Crippen molar-refractivity contribution in [2.24, 2.45) is 0 Å². The first-order valence-electron chi connectivity index (χ1n) is 8.88. The number of nitrogens with zero attached hydrogens (tertiary/aromatic N) is 2. The highest BCUT2D eigenvalue weighted by molar-refractivity contribution is 6.03. The summed E-state index contributed by atoms with van der Waals surface area (Å²) in [6.45, 7) is 0.435. The smallest absolute Gasteiger partial charge is 0.323 e. The summed E-state index contributed by atoms with van der Waals surface area (Å²) in [5.74, 6) is 0.215. The Morgan fingerprint density at radius 2 is 1.79 bits per heavy atom. The summed E-state index contributed by atoms with van der Waals surface area (Å²) in [5, 5.41) is 6.82. The number of H-pyrrole nitrogens is 2. The first-order chi connectivity index (χ1) is 14.1. The normalized spacial score (nSPS) is 10.8. The Hall–Kier alpha value is -4.14. The van der Waals surface area contributed by atoms with Gasteiger partial charge in [-0.15, -0.1) is 0 Å². The molecule has 1 amide bonds. The molecule has 2 heterocycles. The molecule has 9 heteroatoms.